The Morgan fingerprint density at radius 2 is 1.11 bits per heavy atom. The van der Waals surface area contributed by atoms with E-state index in [2.05, 4.69) is 154 Å². The van der Waals surface area contributed by atoms with Crippen molar-refractivity contribution in [3.8, 4) is 22.5 Å². The Hall–Kier alpha value is -6.67. The molecule has 8 aromatic rings. The van der Waals surface area contributed by atoms with Crippen LogP contribution in [0.25, 0.3) is 54.0 Å². The van der Waals surface area contributed by atoms with Crippen molar-refractivity contribution in [2.45, 2.75) is 87.0 Å². The summed E-state index contributed by atoms with van der Waals surface area (Å²) >= 11 is 3.57. The molecule has 4 aromatic carbocycles. The second kappa shape index (κ2) is 22.0. The van der Waals surface area contributed by atoms with Crippen molar-refractivity contribution < 1.29 is 4.57 Å². The number of halogens is 1. The molecule has 15 heteroatoms. The van der Waals surface area contributed by atoms with Crippen LogP contribution in [0.4, 0.5) is 23.3 Å². The smallest absolute Gasteiger partial charge is 0.223 e. The summed E-state index contributed by atoms with van der Waals surface area (Å²) < 4.78 is 13.9. The molecule has 13 nitrogen and oxygen atoms in total. The van der Waals surface area contributed by atoms with Crippen LogP contribution in [-0.4, -0.2) is 91.3 Å². The number of aromatic nitrogens is 6. The van der Waals surface area contributed by atoms with Gasteiger partial charge in [0.05, 0.1) is 24.5 Å². The largest absolute Gasteiger partial charge is 0.361 e. The van der Waals surface area contributed by atoms with Gasteiger partial charge in [-0.3, -0.25) is 9.80 Å². The second-order valence-corrected chi connectivity index (χ2v) is 25.8. The maximum atomic E-state index is 13.1. The monoisotopic (exact) mass is 1070 g/mol. The fourth-order valence-corrected chi connectivity index (χ4v) is 13.0. The molecule has 0 spiro atoms. The number of aromatic amines is 2. The third-order valence-electron chi connectivity index (χ3n) is 13.8. The van der Waals surface area contributed by atoms with E-state index in [1.54, 1.807) is 19.4 Å². The standard InChI is InChI=1S/C30H35N6OP.C28H29BrN6.CH4/c1-20-15-33-29(34-22-14-30(2,3)19-36(18-22)17-21-10-8-7-9-11-21)35-26(20)24-16-32-27-23(24)12-13-25(31-4)28(27)38(5,6)37;1-18-13-32-27(34-25(18)22-14-31-26-21(22)10-11-23(30-4)24(26)29)33-20-12-28(2,3)17-35(16-20)15-19-8-6-5-7-9-19;/h7-13,15-16,22,32H,14,17-19H2,1-3,5-6H3,(H,33,34,35);5-11,13-14,20,31H,12,15-17H2,1-3H3,(H,32,33,34);1H4/t22-;20-;/m00./s1. The summed E-state index contributed by atoms with van der Waals surface area (Å²) in [7, 11) is -2.68. The number of rotatable bonds is 11. The summed E-state index contributed by atoms with van der Waals surface area (Å²) in [5.74, 6) is 1.26. The van der Waals surface area contributed by atoms with Crippen LogP contribution in [0.2, 0.25) is 0 Å². The number of piperidine rings is 2. The highest BCUT2D eigenvalue weighted by molar-refractivity contribution is 9.10. The van der Waals surface area contributed by atoms with Gasteiger partial charge >= 0.3 is 0 Å². The molecular weight excluding hydrogens is 1000 g/mol. The number of benzene rings is 4. The van der Waals surface area contributed by atoms with Crippen molar-refractivity contribution in [2.24, 2.45) is 10.8 Å². The van der Waals surface area contributed by atoms with E-state index in [-0.39, 0.29) is 30.3 Å². The number of H-pyrrole nitrogens is 2. The summed E-state index contributed by atoms with van der Waals surface area (Å²) in [5, 5.41) is 9.81. The number of nitrogens with zero attached hydrogens (tertiary/aromatic N) is 8. The van der Waals surface area contributed by atoms with Gasteiger partial charge in [0.25, 0.3) is 0 Å². The minimum absolute atomic E-state index is 0. The van der Waals surface area contributed by atoms with Gasteiger partial charge in [0, 0.05) is 119 Å². The molecule has 2 aliphatic heterocycles. The molecule has 6 heterocycles. The van der Waals surface area contributed by atoms with E-state index in [0.29, 0.717) is 28.6 Å². The highest BCUT2D eigenvalue weighted by Crippen LogP contribution is 2.44. The fraction of sp³-hybridized carbons (Fsp3) is 0.356. The predicted octanol–water partition coefficient (Wildman–Crippen LogP) is 14.0. The zero-order chi connectivity index (χ0) is 51.7. The summed E-state index contributed by atoms with van der Waals surface area (Å²) in [6.45, 7) is 37.5. The van der Waals surface area contributed by atoms with Crippen LogP contribution >= 0.6 is 23.1 Å². The Kier molecular flexibility index (Phi) is 16.0. The van der Waals surface area contributed by atoms with Gasteiger partial charge in [-0.15, -0.1) is 0 Å². The van der Waals surface area contributed by atoms with Gasteiger partial charge in [-0.1, -0.05) is 136 Å². The van der Waals surface area contributed by atoms with Crippen LogP contribution in [-0.2, 0) is 17.7 Å². The predicted molar refractivity (Wildman–Crippen MR) is 309 cm³/mol. The maximum absolute atomic E-state index is 13.1. The first kappa shape index (κ1) is 53.6. The van der Waals surface area contributed by atoms with Crippen LogP contribution in [0.1, 0.15) is 70.2 Å². The van der Waals surface area contributed by atoms with Crippen molar-refractivity contribution in [3.05, 3.63) is 159 Å². The maximum Gasteiger partial charge on any atom is 0.223 e. The molecule has 4 aromatic heterocycles. The van der Waals surface area contributed by atoms with Crippen molar-refractivity contribution in [1.29, 1.82) is 0 Å². The van der Waals surface area contributed by atoms with E-state index >= 15 is 0 Å². The Labute approximate surface area is 445 Å². The van der Waals surface area contributed by atoms with Crippen LogP contribution in [0, 0.1) is 37.8 Å². The van der Waals surface area contributed by atoms with Gasteiger partial charge in [-0.05, 0) is 73.1 Å². The second-order valence-electron chi connectivity index (χ2n) is 21.8. The quantitative estimate of drug-likeness (QED) is 0.0736. The zero-order valence-corrected chi connectivity index (χ0v) is 45.5. The van der Waals surface area contributed by atoms with Crippen LogP contribution in [0.3, 0.4) is 0 Å². The topological polar surface area (TPSA) is 139 Å². The Bertz CT molecular complexity index is 3420. The van der Waals surface area contributed by atoms with E-state index in [0.717, 1.165) is 112 Å². The summed E-state index contributed by atoms with van der Waals surface area (Å²) in [6.07, 6.45) is 9.71. The minimum Gasteiger partial charge on any atom is -0.361 e. The average Bonchev–Trinajstić information content (AvgIpc) is 3.97. The first-order valence-corrected chi connectivity index (χ1v) is 28.2. The fourth-order valence-electron chi connectivity index (χ4n) is 11.0. The molecule has 0 amide bonds. The van der Waals surface area contributed by atoms with Gasteiger partial charge in [0.2, 0.25) is 17.6 Å². The van der Waals surface area contributed by atoms with E-state index in [1.165, 1.54) is 11.1 Å². The van der Waals surface area contributed by atoms with Gasteiger partial charge in [-0.25, -0.2) is 29.6 Å². The van der Waals surface area contributed by atoms with Gasteiger partial charge in [0.1, 0.15) is 7.14 Å². The Morgan fingerprint density at radius 3 is 1.55 bits per heavy atom. The number of aryl methyl sites for hydroxylation is 2. The Balaban J connectivity index is 0.000000195. The SMILES string of the molecule is C.[C-]#[N+]c1ccc2c(-c3nc(N[C@@H]4CN(Cc5ccccc5)CC(C)(C)C4)ncc3C)c[nH]c2c1Br.[C-]#[N+]c1ccc2c(-c3nc(N[C@@H]4CN(Cc5ccccc5)CC(C)(C)C4)ncc3C)c[nH]c2c1P(C)(C)=O. The molecule has 10 rings (SSSR count). The lowest BCUT2D eigenvalue weighted by Crippen LogP contribution is -2.49. The Morgan fingerprint density at radius 1 is 0.676 bits per heavy atom. The number of fused-ring (bicyclic) bond motifs is 2. The normalized spacial score (nSPS) is 17.6. The minimum atomic E-state index is -2.68. The molecule has 4 N–H and O–H groups in total. The lowest BCUT2D eigenvalue weighted by Gasteiger charge is -2.42. The lowest BCUT2D eigenvalue weighted by atomic mass is 9.81. The molecule has 0 radical (unpaired) electrons. The van der Waals surface area contributed by atoms with E-state index in [1.807, 2.05) is 56.8 Å². The van der Waals surface area contributed by atoms with E-state index in [9.17, 15) is 4.57 Å². The molecule has 382 valence electrons. The summed E-state index contributed by atoms with van der Waals surface area (Å²) in [6, 6.07) is 29.3. The molecule has 0 bridgehead atoms. The number of anilines is 2. The third-order valence-corrected chi connectivity index (χ3v) is 16.2. The average molecular weight is 1070 g/mol. The molecular formula is C59H68BrN12OP. The molecule has 2 fully saturated rings. The number of likely N-dealkylation sites (tertiary alicyclic amines) is 2. The van der Waals surface area contributed by atoms with Gasteiger partial charge in [0.15, 0.2) is 5.69 Å². The molecule has 0 aliphatic carbocycles. The third kappa shape index (κ3) is 12.1. The first-order chi connectivity index (χ1) is 34.9. The molecule has 2 aliphatic rings. The van der Waals surface area contributed by atoms with Crippen LogP contribution < -0.4 is 15.9 Å². The zero-order valence-electron chi connectivity index (χ0n) is 43.0. The highest BCUT2D eigenvalue weighted by Gasteiger charge is 2.35. The van der Waals surface area contributed by atoms with Crippen molar-refractivity contribution >= 4 is 73.5 Å². The van der Waals surface area contributed by atoms with E-state index in [4.69, 9.17) is 23.1 Å². The van der Waals surface area contributed by atoms with Crippen molar-refractivity contribution in [2.75, 3.05) is 50.1 Å². The summed E-state index contributed by atoms with van der Waals surface area (Å²) in [5.41, 5.74) is 11.3. The molecule has 2 saturated heterocycles. The number of nitrogens with one attached hydrogen (secondary N) is 4. The number of hydrogen-bond donors (Lipinski definition) is 4. The number of hydrogen-bond acceptors (Lipinski definition) is 9. The van der Waals surface area contributed by atoms with Gasteiger partial charge in [-0.2, -0.15) is 0 Å². The first-order valence-electron chi connectivity index (χ1n) is 24.8. The van der Waals surface area contributed by atoms with Gasteiger partial charge < -0.3 is 25.2 Å². The highest BCUT2D eigenvalue weighted by atomic mass is 79.9. The lowest BCUT2D eigenvalue weighted by molar-refractivity contribution is 0.101. The molecule has 0 saturated carbocycles. The molecule has 0 unspecified atom stereocenters. The van der Waals surface area contributed by atoms with E-state index < -0.39 is 7.14 Å². The van der Waals surface area contributed by atoms with Crippen molar-refractivity contribution in [1.82, 2.24) is 39.7 Å². The molecule has 2 atom stereocenters. The van der Waals surface area contributed by atoms with Crippen LogP contribution in [0.5, 0.6) is 0 Å². The summed E-state index contributed by atoms with van der Waals surface area (Å²) in [4.78, 5) is 38.0. The molecule has 74 heavy (non-hydrogen) atoms. The van der Waals surface area contributed by atoms with Crippen molar-refractivity contribution in [3.63, 3.8) is 0 Å². The van der Waals surface area contributed by atoms with Crippen LogP contribution in [0.15, 0.2) is 114 Å².